The van der Waals surface area contributed by atoms with Crippen LogP contribution < -0.4 is 11.1 Å². The summed E-state index contributed by atoms with van der Waals surface area (Å²) in [6.07, 6.45) is 8.67. The topological polar surface area (TPSA) is 162 Å². The molecule has 34 heavy (non-hydrogen) atoms. The lowest BCUT2D eigenvalue weighted by atomic mass is 10.1. The average molecular weight is 525 g/mol. The maximum atomic E-state index is 11.0. The van der Waals surface area contributed by atoms with Crippen molar-refractivity contribution in [3.63, 3.8) is 0 Å². The minimum atomic E-state index is -3.94. The lowest BCUT2D eigenvalue weighted by Gasteiger charge is -2.26. The van der Waals surface area contributed by atoms with Crippen molar-refractivity contribution in [2.75, 3.05) is 25.4 Å². The van der Waals surface area contributed by atoms with E-state index in [0.717, 1.165) is 24.8 Å². The number of ether oxygens (including phenoxy) is 1. The van der Waals surface area contributed by atoms with E-state index in [1.54, 1.807) is 0 Å². The molecule has 1 aromatic rings. The van der Waals surface area contributed by atoms with Crippen molar-refractivity contribution in [1.29, 1.82) is 0 Å². The Balaban J connectivity index is 0.00000116. The minimum absolute atomic E-state index is 0.0938. The third-order valence-corrected chi connectivity index (χ3v) is 6.83. The second kappa shape index (κ2) is 19.6. The van der Waals surface area contributed by atoms with Gasteiger partial charge in [0.1, 0.15) is 6.23 Å². The molecule has 0 heterocycles. The Morgan fingerprint density at radius 2 is 1.47 bits per heavy atom. The number of rotatable bonds is 18. The second-order valence-electron chi connectivity index (χ2n) is 8.41. The van der Waals surface area contributed by atoms with Gasteiger partial charge >= 0.3 is 15.2 Å². The zero-order chi connectivity index (χ0) is 25.9. The molecular formula is C23H46N2O7P2. The van der Waals surface area contributed by atoms with E-state index < -0.39 is 15.2 Å². The first-order valence-corrected chi connectivity index (χ1v) is 15.8. The first-order valence-electron chi connectivity index (χ1n) is 12.2. The molecule has 0 bridgehead atoms. The molecule has 1 aromatic carbocycles. The second-order valence-corrected chi connectivity index (χ2v) is 12.0. The van der Waals surface area contributed by atoms with Crippen molar-refractivity contribution >= 4 is 15.2 Å². The molecule has 200 valence electrons. The molecule has 1 rings (SSSR count). The summed E-state index contributed by atoms with van der Waals surface area (Å²) in [7, 11) is -7.70. The Hall–Kier alpha value is -0.600. The van der Waals surface area contributed by atoms with Crippen LogP contribution in [-0.4, -0.2) is 51.1 Å². The Morgan fingerprint density at radius 1 is 0.853 bits per heavy atom. The quantitative estimate of drug-likeness (QED) is 0.0921. The van der Waals surface area contributed by atoms with Crippen molar-refractivity contribution < 1.29 is 33.4 Å². The van der Waals surface area contributed by atoms with Crippen molar-refractivity contribution in [2.45, 2.75) is 84.0 Å². The van der Waals surface area contributed by atoms with E-state index in [9.17, 15) is 9.13 Å². The minimum Gasteiger partial charge on any atom is -0.356 e. The normalized spacial score (nSPS) is 13.7. The molecule has 0 radical (unpaired) electrons. The lowest BCUT2D eigenvalue weighted by Crippen LogP contribution is -2.29. The molecule has 0 saturated carbocycles. The SMILES string of the molecule is CCCCCCC(CCC)OC(NCCCP(=O)(O)O)c1ccccc1.NCCCP(=O)(O)O. The fraction of sp³-hybridized carbons (Fsp3) is 0.739. The summed E-state index contributed by atoms with van der Waals surface area (Å²) in [5.74, 6) is 0. The molecule has 0 aliphatic rings. The predicted octanol–water partition coefficient (Wildman–Crippen LogP) is 4.51. The number of hydrogen-bond acceptors (Lipinski definition) is 5. The standard InChI is InChI=1S/C20H36NO4P.C3H10NO3P/c1-3-5-6-10-15-19(12-4-2)25-20(18-13-8-7-9-14-18)21-16-11-17-26(22,23)24;4-2-1-3-8(5,6)7/h7-9,13-14,19-21H,3-6,10-12,15-17H2,1-2H3,(H2,22,23,24);1-4H2,(H2,5,6,7). The van der Waals surface area contributed by atoms with Crippen LogP contribution in [0.3, 0.4) is 0 Å². The highest BCUT2D eigenvalue weighted by atomic mass is 31.2. The van der Waals surface area contributed by atoms with Gasteiger partial charge in [0.25, 0.3) is 0 Å². The molecule has 7 N–H and O–H groups in total. The molecule has 2 atom stereocenters. The summed E-state index contributed by atoms with van der Waals surface area (Å²) in [5.41, 5.74) is 6.05. The summed E-state index contributed by atoms with van der Waals surface area (Å²) in [6.45, 7) is 5.24. The highest BCUT2D eigenvalue weighted by Gasteiger charge is 2.18. The van der Waals surface area contributed by atoms with Gasteiger partial charge in [-0.05, 0) is 44.3 Å². The zero-order valence-electron chi connectivity index (χ0n) is 20.7. The van der Waals surface area contributed by atoms with Crippen LogP contribution in [0.1, 0.15) is 83.4 Å². The van der Waals surface area contributed by atoms with E-state index in [-0.39, 0.29) is 24.7 Å². The number of unbranched alkanes of at least 4 members (excludes halogenated alkanes) is 3. The molecular weight excluding hydrogens is 478 g/mol. The Kier molecular flexibility index (Phi) is 19.2. The molecule has 0 aromatic heterocycles. The van der Waals surface area contributed by atoms with Crippen LogP contribution in [0.2, 0.25) is 0 Å². The highest BCUT2D eigenvalue weighted by Crippen LogP contribution is 2.35. The highest BCUT2D eigenvalue weighted by molar-refractivity contribution is 7.52. The van der Waals surface area contributed by atoms with Gasteiger partial charge in [0.05, 0.1) is 18.4 Å². The van der Waals surface area contributed by atoms with Crippen LogP contribution >= 0.6 is 15.2 Å². The van der Waals surface area contributed by atoms with Crippen LogP contribution in [0, 0.1) is 0 Å². The van der Waals surface area contributed by atoms with Gasteiger partial charge in [0, 0.05) is 0 Å². The van der Waals surface area contributed by atoms with E-state index in [4.69, 9.17) is 30.0 Å². The van der Waals surface area contributed by atoms with Crippen LogP contribution in [0.4, 0.5) is 0 Å². The maximum Gasteiger partial charge on any atom is 0.325 e. The largest absolute Gasteiger partial charge is 0.356 e. The number of hydrogen-bond donors (Lipinski definition) is 6. The van der Waals surface area contributed by atoms with E-state index in [1.165, 1.54) is 25.7 Å². The van der Waals surface area contributed by atoms with Crippen LogP contribution in [0.5, 0.6) is 0 Å². The zero-order valence-corrected chi connectivity index (χ0v) is 22.5. The molecule has 0 spiro atoms. The summed E-state index contributed by atoms with van der Waals surface area (Å²) in [4.78, 5) is 34.4. The fourth-order valence-corrected chi connectivity index (χ4v) is 4.45. The van der Waals surface area contributed by atoms with E-state index in [0.29, 0.717) is 25.9 Å². The Morgan fingerprint density at radius 3 is 1.97 bits per heavy atom. The molecule has 9 nitrogen and oxygen atoms in total. The van der Waals surface area contributed by atoms with Gasteiger partial charge in [-0.3, -0.25) is 14.4 Å². The van der Waals surface area contributed by atoms with Gasteiger partial charge in [0.15, 0.2) is 0 Å². The smallest absolute Gasteiger partial charge is 0.325 e. The third-order valence-electron chi connectivity index (χ3n) is 5.03. The molecule has 0 amide bonds. The van der Waals surface area contributed by atoms with Crippen LogP contribution in [0.25, 0.3) is 0 Å². The fourth-order valence-electron chi connectivity index (χ4n) is 3.28. The van der Waals surface area contributed by atoms with Crippen molar-refractivity contribution in [1.82, 2.24) is 5.32 Å². The van der Waals surface area contributed by atoms with Crippen molar-refractivity contribution in [3.05, 3.63) is 35.9 Å². The molecule has 0 aliphatic carbocycles. The van der Waals surface area contributed by atoms with E-state index in [1.807, 2.05) is 30.3 Å². The monoisotopic (exact) mass is 524 g/mol. The van der Waals surface area contributed by atoms with Gasteiger partial charge in [-0.25, -0.2) is 0 Å². The molecule has 2 unspecified atom stereocenters. The van der Waals surface area contributed by atoms with Crippen LogP contribution in [0.15, 0.2) is 30.3 Å². The van der Waals surface area contributed by atoms with Crippen LogP contribution in [-0.2, 0) is 13.9 Å². The lowest BCUT2D eigenvalue weighted by molar-refractivity contribution is -0.0408. The summed E-state index contributed by atoms with van der Waals surface area (Å²) >= 11 is 0. The molecule has 0 fully saturated rings. The van der Waals surface area contributed by atoms with E-state index in [2.05, 4.69) is 19.2 Å². The third kappa shape index (κ3) is 20.7. The summed E-state index contributed by atoms with van der Waals surface area (Å²) < 4.78 is 27.4. The number of nitrogens with two attached hydrogens (primary N) is 1. The van der Waals surface area contributed by atoms with Gasteiger partial charge in [-0.15, -0.1) is 0 Å². The first-order chi connectivity index (χ1) is 16.0. The van der Waals surface area contributed by atoms with Crippen molar-refractivity contribution in [3.8, 4) is 0 Å². The molecule has 11 heteroatoms. The summed E-state index contributed by atoms with van der Waals surface area (Å²) in [6, 6.07) is 10.0. The maximum absolute atomic E-state index is 11.0. The Bertz CT molecular complexity index is 698. The van der Waals surface area contributed by atoms with Gasteiger partial charge in [0.2, 0.25) is 0 Å². The Labute approximate surface area is 205 Å². The first kappa shape index (κ1) is 33.4. The average Bonchev–Trinajstić information content (AvgIpc) is 2.77. The number of benzene rings is 1. The van der Waals surface area contributed by atoms with E-state index >= 15 is 0 Å². The van der Waals surface area contributed by atoms with Gasteiger partial charge < -0.3 is 30.0 Å². The number of nitrogens with one attached hydrogen (secondary N) is 1. The molecule has 0 saturated heterocycles. The molecule has 0 aliphatic heterocycles. The van der Waals surface area contributed by atoms with Gasteiger partial charge in [-0.1, -0.05) is 76.3 Å². The predicted molar refractivity (Wildman–Crippen MR) is 138 cm³/mol. The summed E-state index contributed by atoms with van der Waals surface area (Å²) in [5, 5.41) is 3.33. The van der Waals surface area contributed by atoms with Gasteiger partial charge in [-0.2, -0.15) is 0 Å². The van der Waals surface area contributed by atoms with Crippen molar-refractivity contribution in [2.24, 2.45) is 5.73 Å².